The number of thiocarbonyl (C=S) groups is 1. The summed E-state index contributed by atoms with van der Waals surface area (Å²) in [5, 5.41) is 6.95. The average molecular weight is 457 g/mol. The molecule has 3 aromatic rings. The molecule has 8 heteroatoms. The number of pyridine rings is 1. The van der Waals surface area contributed by atoms with Crippen LogP contribution in [0.15, 0.2) is 60.8 Å². The van der Waals surface area contributed by atoms with Gasteiger partial charge in [-0.05, 0) is 55.5 Å². The monoisotopic (exact) mass is 456 g/mol. The summed E-state index contributed by atoms with van der Waals surface area (Å²) in [5.41, 5.74) is 2.85. The van der Waals surface area contributed by atoms with Gasteiger partial charge in [-0.15, -0.1) is 11.3 Å². The molecule has 0 unspecified atom stereocenters. The van der Waals surface area contributed by atoms with Crippen molar-refractivity contribution >= 4 is 51.9 Å². The van der Waals surface area contributed by atoms with Gasteiger partial charge in [-0.1, -0.05) is 35.4 Å². The van der Waals surface area contributed by atoms with E-state index in [0.29, 0.717) is 18.1 Å². The van der Waals surface area contributed by atoms with E-state index in [4.69, 9.17) is 23.8 Å². The number of aryl methyl sites for hydroxylation is 1. The minimum absolute atomic E-state index is 0.0501. The summed E-state index contributed by atoms with van der Waals surface area (Å²) >= 11 is 13.4. The molecule has 2 atom stereocenters. The van der Waals surface area contributed by atoms with Crippen LogP contribution in [0.1, 0.15) is 34.6 Å². The lowest BCUT2D eigenvalue weighted by Gasteiger charge is -2.26. The third kappa shape index (κ3) is 4.64. The van der Waals surface area contributed by atoms with Crippen molar-refractivity contribution in [3.63, 3.8) is 0 Å². The molecule has 0 saturated carbocycles. The fourth-order valence-electron chi connectivity index (χ4n) is 3.52. The van der Waals surface area contributed by atoms with Gasteiger partial charge in [-0.2, -0.15) is 0 Å². The Morgan fingerprint density at radius 2 is 2.03 bits per heavy atom. The maximum atomic E-state index is 12.5. The number of nitrogens with one attached hydrogen (secondary N) is 2. The molecule has 0 radical (unpaired) electrons. The van der Waals surface area contributed by atoms with Crippen molar-refractivity contribution < 1.29 is 4.79 Å². The predicted octanol–water partition coefficient (Wildman–Crippen LogP) is 5.11. The zero-order chi connectivity index (χ0) is 21.1. The number of benzene rings is 1. The van der Waals surface area contributed by atoms with Gasteiger partial charge < -0.3 is 15.5 Å². The Hall–Kier alpha value is -2.48. The van der Waals surface area contributed by atoms with Gasteiger partial charge in [-0.25, -0.2) is 0 Å². The molecular weight excluding hydrogens is 436 g/mol. The van der Waals surface area contributed by atoms with Gasteiger partial charge in [0.1, 0.15) is 0 Å². The van der Waals surface area contributed by atoms with E-state index in [-0.39, 0.29) is 18.0 Å². The number of rotatable bonds is 6. The smallest absolute Gasteiger partial charge is 0.226 e. The number of carbonyl (C=O) groups is 1. The number of carbonyl (C=O) groups excluding carboxylic acids is 1. The molecule has 2 aromatic heterocycles. The van der Waals surface area contributed by atoms with Crippen molar-refractivity contribution in [3.05, 3.63) is 81.3 Å². The van der Waals surface area contributed by atoms with E-state index < -0.39 is 0 Å². The van der Waals surface area contributed by atoms with Crippen molar-refractivity contribution in [3.8, 4) is 0 Å². The minimum Gasteiger partial charge on any atom is -0.352 e. The third-order valence-corrected chi connectivity index (χ3v) is 6.65. The molecule has 154 valence electrons. The molecule has 3 heterocycles. The summed E-state index contributed by atoms with van der Waals surface area (Å²) in [7, 11) is 0. The molecular formula is C22H21ClN4OS2. The Morgan fingerprint density at radius 1 is 1.23 bits per heavy atom. The zero-order valence-electron chi connectivity index (χ0n) is 16.3. The Labute approximate surface area is 190 Å². The Balaban J connectivity index is 1.51. The Morgan fingerprint density at radius 3 is 2.70 bits per heavy atom. The van der Waals surface area contributed by atoms with Gasteiger partial charge in [0.25, 0.3) is 0 Å². The normalized spacial score (nSPS) is 18.3. The van der Waals surface area contributed by atoms with Gasteiger partial charge in [-0.3, -0.25) is 9.78 Å². The summed E-state index contributed by atoms with van der Waals surface area (Å²) in [6.45, 7) is 2.51. The second-order valence-electron chi connectivity index (χ2n) is 7.13. The molecule has 0 aliphatic carbocycles. The van der Waals surface area contributed by atoms with Crippen LogP contribution >= 0.6 is 35.2 Å². The molecule has 0 bridgehead atoms. The molecule has 1 aliphatic heterocycles. The van der Waals surface area contributed by atoms with Crippen molar-refractivity contribution in [1.29, 1.82) is 0 Å². The van der Waals surface area contributed by atoms with E-state index in [1.165, 1.54) is 11.3 Å². The molecule has 1 aliphatic rings. The van der Waals surface area contributed by atoms with Crippen molar-refractivity contribution in [1.82, 2.24) is 15.2 Å². The van der Waals surface area contributed by atoms with E-state index in [0.717, 1.165) is 26.2 Å². The molecule has 1 fully saturated rings. The van der Waals surface area contributed by atoms with Crippen LogP contribution in [0.25, 0.3) is 0 Å². The van der Waals surface area contributed by atoms with E-state index >= 15 is 0 Å². The number of nitrogens with zero attached hydrogens (tertiary/aromatic N) is 2. The molecule has 30 heavy (non-hydrogen) atoms. The van der Waals surface area contributed by atoms with Crippen molar-refractivity contribution in [2.24, 2.45) is 0 Å². The first-order valence-corrected chi connectivity index (χ1v) is 11.2. The van der Waals surface area contributed by atoms with E-state index in [1.807, 2.05) is 61.5 Å². The van der Waals surface area contributed by atoms with Crippen LogP contribution in [0.2, 0.25) is 4.34 Å². The van der Waals surface area contributed by atoms with Gasteiger partial charge in [0.15, 0.2) is 5.11 Å². The maximum Gasteiger partial charge on any atom is 0.226 e. The van der Waals surface area contributed by atoms with E-state index in [2.05, 4.69) is 20.5 Å². The second-order valence-corrected chi connectivity index (χ2v) is 9.26. The average Bonchev–Trinajstić information content (AvgIpc) is 3.31. The fraction of sp³-hybridized carbons (Fsp3) is 0.227. The van der Waals surface area contributed by atoms with Gasteiger partial charge in [0, 0.05) is 29.7 Å². The lowest BCUT2D eigenvalue weighted by Crippen LogP contribution is -2.32. The van der Waals surface area contributed by atoms with Gasteiger partial charge in [0.2, 0.25) is 5.91 Å². The Kier molecular flexibility index (Phi) is 6.32. The van der Waals surface area contributed by atoms with Crippen molar-refractivity contribution in [2.75, 3.05) is 11.9 Å². The largest absolute Gasteiger partial charge is 0.352 e. The summed E-state index contributed by atoms with van der Waals surface area (Å²) in [6, 6.07) is 17.3. The van der Waals surface area contributed by atoms with Crippen molar-refractivity contribution in [2.45, 2.75) is 25.4 Å². The van der Waals surface area contributed by atoms with Crippen LogP contribution in [-0.4, -0.2) is 27.4 Å². The quantitative estimate of drug-likeness (QED) is 0.505. The molecule has 1 saturated heterocycles. The number of amides is 1. The fourth-order valence-corrected chi connectivity index (χ4v) is 5.07. The number of halogens is 1. The summed E-state index contributed by atoms with van der Waals surface area (Å²) < 4.78 is 0.722. The summed E-state index contributed by atoms with van der Waals surface area (Å²) in [4.78, 5) is 20.2. The van der Waals surface area contributed by atoms with Crippen LogP contribution in [0.3, 0.4) is 0 Å². The predicted molar refractivity (Wildman–Crippen MR) is 126 cm³/mol. The molecule has 4 rings (SSSR count). The highest BCUT2D eigenvalue weighted by atomic mass is 35.5. The van der Waals surface area contributed by atoms with Gasteiger partial charge >= 0.3 is 0 Å². The van der Waals surface area contributed by atoms with Crippen LogP contribution in [0.5, 0.6) is 0 Å². The first kappa shape index (κ1) is 20.8. The van der Waals surface area contributed by atoms with Gasteiger partial charge in [0.05, 0.1) is 22.1 Å². The number of anilines is 1. The SMILES string of the molecule is Cc1ccc(NC(=O)CCN2C(=S)N[C@@H](c3ccccn3)[C@H]2c2ccc(Cl)s2)cc1. The number of thiophene rings is 1. The van der Waals surface area contributed by atoms with Crippen LogP contribution in [0, 0.1) is 6.92 Å². The molecule has 1 aromatic carbocycles. The summed E-state index contributed by atoms with van der Waals surface area (Å²) in [5.74, 6) is -0.0501. The number of hydrogen-bond acceptors (Lipinski definition) is 4. The topological polar surface area (TPSA) is 57.3 Å². The highest BCUT2D eigenvalue weighted by Crippen LogP contribution is 2.42. The first-order valence-electron chi connectivity index (χ1n) is 9.61. The number of hydrogen-bond donors (Lipinski definition) is 2. The maximum absolute atomic E-state index is 12.5. The molecule has 0 spiro atoms. The van der Waals surface area contributed by atoms with Crippen LogP contribution in [0.4, 0.5) is 5.69 Å². The minimum atomic E-state index is -0.103. The third-order valence-electron chi connectivity index (χ3n) is 5.00. The van der Waals surface area contributed by atoms with E-state index in [1.54, 1.807) is 6.20 Å². The molecule has 1 amide bonds. The molecule has 5 nitrogen and oxygen atoms in total. The standard InChI is InChI=1S/C22H21ClN4OS2/c1-14-5-7-15(8-6-14)25-19(28)11-13-27-21(17-9-10-18(23)30-17)20(26-22(27)29)16-4-2-3-12-24-16/h2-10,12,20-21H,11,13H2,1H3,(H,25,28)(H,26,29)/t20-,21+/m0/s1. The highest BCUT2D eigenvalue weighted by molar-refractivity contribution is 7.80. The lowest BCUT2D eigenvalue weighted by molar-refractivity contribution is -0.116. The zero-order valence-corrected chi connectivity index (χ0v) is 18.7. The van der Waals surface area contributed by atoms with Crippen LogP contribution < -0.4 is 10.6 Å². The highest BCUT2D eigenvalue weighted by Gasteiger charge is 2.40. The van der Waals surface area contributed by atoms with E-state index in [9.17, 15) is 4.79 Å². The summed E-state index contributed by atoms with van der Waals surface area (Å²) in [6.07, 6.45) is 2.09. The number of aromatic nitrogens is 1. The second kappa shape index (κ2) is 9.12. The van der Waals surface area contributed by atoms with Crippen LogP contribution in [-0.2, 0) is 4.79 Å². The molecule has 2 N–H and O–H groups in total. The Bertz CT molecular complexity index is 1040. The lowest BCUT2D eigenvalue weighted by atomic mass is 10.0. The first-order chi connectivity index (χ1) is 14.5.